The highest BCUT2D eigenvalue weighted by Gasteiger charge is 2.28. The van der Waals surface area contributed by atoms with Crippen LogP contribution < -0.4 is 0 Å². The van der Waals surface area contributed by atoms with Gasteiger partial charge in [0.1, 0.15) is 12.4 Å². The van der Waals surface area contributed by atoms with Crippen LogP contribution in [-0.2, 0) is 17.8 Å². The van der Waals surface area contributed by atoms with E-state index in [-0.39, 0.29) is 12.5 Å². The lowest BCUT2D eigenvalue weighted by Gasteiger charge is -2.22. The molecule has 2 heterocycles. The predicted molar refractivity (Wildman–Crippen MR) is 94.4 cm³/mol. The fourth-order valence-corrected chi connectivity index (χ4v) is 3.14. The Labute approximate surface area is 156 Å². The SMILES string of the molecule is CN(Cc1noc(C2CCC2)n1)C(=O)C(Cc1ccccc1)n1cnnn1. The molecule has 0 aliphatic heterocycles. The van der Waals surface area contributed by atoms with Crippen molar-refractivity contribution in [2.45, 2.75) is 44.2 Å². The van der Waals surface area contributed by atoms with Crippen LogP contribution >= 0.6 is 0 Å². The standard InChI is InChI=1S/C18H21N7O2/c1-24(11-16-20-17(27-21-16)14-8-5-9-14)18(26)15(25-12-19-22-23-25)10-13-6-3-2-4-7-13/h2-4,6-7,12,14-15H,5,8-11H2,1H3. The molecule has 1 unspecified atom stereocenters. The first-order valence-electron chi connectivity index (χ1n) is 9.04. The van der Waals surface area contributed by atoms with E-state index in [1.807, 2.05) is 30.3 Å². The summed E-state index contributed by atoms with van der Waals surface area (Å²) in [6.45, 7) is 0.280. The Balaban J connectivity index is 1.47. The van der Waals surface area contributed by atoms with Crippen LogP contribution in [-0.4, -0.2) is 48.2 Å². The van der Waals surface area contributed by atoms with Gasteiger partial charge in [0.2, 0.25) is 11.8 Å². The Morgan fingerprint density at radius 3 is 2.81 bits per heavy atom. The number of nitrogens with zero attached hydrogens (tertiary/aromatic N) is 7. The van der Waals surface area contributed by atoms with Gasteiger partial charge >= 0.3 is 0 Å². The number of amides is 1. The van der Waals surface area contributed by atoms with Crippen LogP contribution in [0, 0.1) is 0 Å². The number of benzene rings is 1. The second-order valence-electron chi connectivity index (χ2n) is 6.87. The molecule has 1 aliphatic rings. The minimum atomic E-state index is -0.537. The number of tetrazole rings is 1. The molecule has 9 nitrogen and oxygen atoms in total. The van der Waals surface area contributed by atoms with Crippen molar-refractivity contribution in [3.63, 3.8) is 0 Å². The molecule has 27 heavy (non-hydrogen) atoms. The van der Waals surface area contributed by atoms with Gasteiger partial charge in [-0.05, 0) is 28.8 Å². The highest BCUT2D eigenvalue weighted by molar-refractivity contribution is 5.80. The number of likely N-dealkylation sites (N-methyl/N-ethyl adjacent to an activating group) is 1. The van der Waals surface area contributed by atoms with Gasteiger partial charge in [0, 0.05) is 19.4 Å². The normalized spacial score (nSPS) is 15.3. The molecule has 140 valence electrons. The largest absolute Gasteiger partial charge is 0.339 e. The third kappa shape index (κ3) is 3.86. The van der Waals surface area contributed by atoms with E-state index in [4.69, 9.17) is 4.52 Å². The topological polar surface area (TPSA) is 103 Å². The summed E-state index contributed by atoms with van der Waals surface area (Å²) in [6.07, 6.45) is 5.34. The molecule has 1 amide bonds. The van der Waals surface area contributed by atoms with Gasteiger partial charge in [-0.1, -0.05) is 41.9 Å². The van der Waals surface area contributed by atoms with E-state index < -0.39 is 6.04 Å². The van der Waals surface area contributed by atoms with Crippen LogP contribution in [0.15, 0.2) is 41.2 Å². The van der Waals surface area contributed by atoms with Crippen molar-refractivity contribution in [2.24, 2.45) is 0 Å². The summed E-state index contributed by atoms with van der Waals surface area (Å²) in [4.78, 5) is 19.1. The molecule has 0 N–H and O–H groups in total. The third-order valence-electron chi connectivity index (χ3n) is 4.93. The number of hydrogen-bond acceptors (Lipinski definition) is 7. The average Bonchev–Trinajstić information content (AvgIpc) is 3.31. The Morgan fingerprint density at radius 1 is 1.33 bits per heavy atom. The van der Waals surface area contributed by atoms with Gasteiger partial charge < -0.3 is 9.42 Å². The van der Waals surface area contributed by atoms with Gasteiger partial charge in [-0.25, -0.2) is 4.68 Å². The van der Waals surface area contributed by atoms with Gasteiger partial charge in [0.05, 0.1) is 6.54 Å². The number of aromatic nitrogens is 6. The molecule has 0 spiro atoms. The zero-order chi connectivity index (χ0) is 18.6. The summed E-state index contributed by atoms with van der Waals surface area (Å²) in [7, 11) is 1.73. The first-order chi connectivity index (χ1) is 13.2. The number of rotatable bonds is 7. The number of carbonyl (C=O) groups excluding carboxylic acids is 1. The molecular formula is C18H21N7O2. The maximum Gasteiger partial charge on any atom is 0.248 e. The maximum absolute atomic E-state index is 13.1. The fourth-order valence-electron chi connectivity index (χ4n) is 3.14. The highest BCUT2D eigenvalue weighted by Crippen LogP contribution is 2.35. The van der Waals surface area contributed by atoms with E-state index in [1.54, 1.807) is 11.9 Å². The lowest BCUT2D eigenvalue weighted by atomic mass is 9.85. The molecule has 1 aliphatic carbocycles. The molecule has 1 aromatic carbocycles. The zero-order valence-electron chi connectivity index (χ0n) is 15.1. The highest BCUT2D eigenvalue weighted by atomic mass is 16.5. The van der Waals surface area contributed by atoms with Crippen LogP contribution in [0.1, 0.15) is 48.5 Å². The molecule has 2 aromatic heterocycles. The Hall–Kier alpha value is -3.10. The molecule has 4 rings (SSSR count). The van der Waals surface area contributed by atoms with Crippen molar-refractivity contribution < 1.29 is 9.32 Å². The number of carbonyl (C=O) groups is 1. The molecule has 1 atom stereocenters. The van der Waals surface area contributed by atoms with Crippen molar-refractivity contribution in [1.29, 1.82) is 0 Å². The van der Waals surface area contributed by atoms with Gasteiger partial charge in [0.25, 0.3) is 0 Å². The molecule has 9 heteroatoms. The Bertz CT molecular complexity index is 874. The van der Waals surface area contributed by atoms with Crippen molar-refractivity contribution >= 4 is 5.91 Å². The first kappa shape index (κ1) is 17.3. The minimum Gasteiger partial charge on any atom is -0.339 e. The zero-order valence-corrected chi connectivity index (χ0v) is 15.1. The van der Waals surface area contributed by atoms with Crippen molar-refractivity contribution in [1.82, 2.24) is 35.2 Å². The van der Waals surface area contributed by atoms with Crippen molar-refractivity contribution in [3.8, 4) is 0 Å². The van der Waals surface area contributed by atoms with Crippen LogP contribution in [0.2, 0.25) is 0 Å². The van der Waals surface area contributed by atoms with E-state index >= 15 is 0 Å². The molecule has 1 saturated carbocycles. The second kappa shape index (κ2) is 7.65. The summed E-state index contributed by atoms with van der Waals surface area (Å²) in [5.74, 6) is 1.46. The van der Waals surface area contributed by atoms with Gasteiger partial charge in [-0.3, -0.25) is 4.79 Å². The van der Waals surface area contributed by atoms with E-state index in [2.05, 4.69) is 25.7 Å². The fraction of sp³-hybridized carbons (Fsp3) is 0.444. The quantitative estimate of drug-likeness (QED) is 0.627. The van der Waals surface area contributed by atoms with Crippen LogP contribution in [0.3, 0.4) is 0 Å². The summed E-state index contributed by atoms with van der Waals surface area (Å²) >= 11 is 0. The van der Waals surface area contributed by atoms with Gasteiger partial charge in [-0.2, -0.15) is 4.98 Å². The second-order valence-corrected chi connectivity index (χ2v) is 6.87. The predicted octanol–water partition coefficient (Wildman–Crippen LogP) is 1.77. The number of hydrogen-bond donors (Lipinski definition) is 0. The molecular weight excluding hydrogens is 346 g/mol. The average molecular weight is 367 g/mol. The monoisotopic (exact) mass is 367 g/mol. The van der Waals surface area contributed by atoms with E-state index in [0.29, 0.717) is 24.1 Å². The lowest BCUT2D eigenvalue weighted by molar-refractivity contribution is -0.134. The minimum absolute atomic E-state index is 0.110. The summed E-state index contributed by atoms with van der Waals surface area (Å²) in [6, 6.07) is 9.26. The van der Waals surface area contributed by atoms with Crippen LogP contribution in [0.25, 0.3) is 0 Å². The van der Waals surface area contributed by atoms with E-state index in [9.17, 15) is 4.79 Å². The molecule has 3 aromatic rings. The Kier molecular flexibility index (Phi) is 4.91. The lowest BCUT2D eigenvalue weighted by Crippen LogP contribution is -2.36. The molecule has 0 saturated heterocycles. The third-order valence-corrected chi connectivity index (χ3v) is 4.93. The smallest absolute Gasteiger partial charge is 0.248 e. The summed E-state index contributed by atoms with van der Waals surface area (Å²) in [5, 5.41) is 15.3. The molecule has 0 bridgehead atoms. The van der Waals surface area contributed by atoms with Crippen LogP contribution in [0.5, 0.6) is 0 Å². The maximum atomic E-state index is 13.1. The van der Waals surface area contributed by atoms with Crippen molar-refractivity contribution in [3.05, 3.63) is 53.9 Å². The van der Waals surface area contributed by atoms with Gasteiger partial charge in [-0.15, -0.1) is 5.10 Å². The summed E-state index contributed by atoms with van der Waals surface area (Å²) < 4.78 is 6.83. The van der Waals surface area contributed by atoms with Crippen LogP contribution in [0.4, 0.5) is 0 Å². The van der Waals surface area contributed by atoms with E-state index in [1.165, 1.54) is 17.4 Å². The molecule has 0 radical (unpaired) electrons. The summed E-state index contributed by atoms with van der Waals surface area (Å²) in [5.41, 5.74) is 1.03. The van der Waals surface area contributed by atoms with Crippen molar-refractivity contribution in [2.75, 3.05) is 7.05 Å². The molecule has 1 fully saturated rings. The first-order valence-corrected chi connectivity index (χ1v) is 9.04. The van der Waals surface area contributed by atoms with E-state index in [0.717, 1.165) is 18.4 Å². The Morgan fingerprint density at radius 2 is 2.15 bits per heavy atom. The van der Waals surface area contributed by atoms with Gasteiger partial charge in [0.15, 0.2) is 5.82 Å².